The molecule has 0 unspecified atom stereocenters. The van der Waals surface area contributed by atoms with Gasteiger partial charge >= 0.3 is 0 Å². The van der Waals surface area contributed by atoms with Crippen molar-refractivity contribution in [1.82, 2.24) is 15.4 Å². The number of nitrogen functional groups attached to an aromatic ring is 1. The quantitative estimate of drug-likeness (QED) is 0.748. The molecule has 0 aromatic carbocycles. The molecule has 0 aliphatic carbocycles. The normalized spacial score (nSPS) is 10.7. The Labute approximate surface area is 81.3 Å². The second-order valence-electron chi connectivity index (χ2n) is 3.28. The first-order valence-electron chi connectivity index (χ1n) is 4.38. The van der Waals surface area contributed by atoms with Gasteiger partial charge in [0, 0.05) is 12.0 Å². The van der Waals surface area contributed by atoms with Crippen LogP contribution in [0.2, 0.25) is 0 Å². The number of nitrogens with two attached hydrogens (primary N) is 1. The van der Waals surface area contributed by atoms with Gasteiger partial charge < -0.3 is 10.3 Å². The van der Waals surface area contributed by atoms with E-state index in [4.69, 9.17) is 10.3 Å². The van der Waals surface area contributed by atoms with Crippen molar-refractivity contribution in [2.75, 3.05) is 5.73 Å². The first kappa shape index (κ1) is 8.80. The third-order valence-electron chi connectivity index (χ3n) is 2.29. The average molecular weight is 192 g/mol. The molecule has 0 bridgehead atoms. The van der Waals surface area contributed by atoms with E-state index in [-0.39, 0.29) is 0 Å². The summed E-state index contributed by atoms with van der Waals surface area (Å²) in [5.74, 6) is 0.830. The number of hydrogen-bond donors (Lipinski definition) is 2. The lowest BCUT2D eigenvalue weighted by Crippen LogP contribution is -1.95. The van der Waals surface area contributed by atoms with Crippen molar-refractivity contribution in [2.45, 2.75) is 20.3 Å². The number of rotatable bonds is 2. The van der Waals surface area contributed by atoms with Crippen LogP contribution in [0.15, 0.2) is 10.7 Å². The number of aromatic amines is 1. The molecule has 5 nitrogen and oxygen atoms in total. The Balaban J connectivity index is 2.31. The van der Waals surface area contributed by atoms with Gasteiger partial charge in [-0.3, -0.25) is 5.10 Å². The zero-order valence-electron chi connectivity index (χ0n) is 8.16. The van der Waals surface area contributed by atoms with E-state index in [0.717, 1.165) is 22.7 Å². The second kappa shape index (κ2) is 3.17. The SMILES string of the molecule is Cc1noc(C)c1Cc1[nH]ncc1N. The van der Waals surface area contributed by atoms with Crippen LogP contribution >= 0.6 is 0 Å². The van der Waals surface area contributed by atoms with E-state index in [2.05, 4.69) is 15.4 Å². The number of aromatic nitrogens is 3. The van der Waals surface area contributed by atoms with Gasteiger partial charge in [-0.15, -0.1) is 0 Å². The number of nitrogens with zero attached hydrogens (tertiary/aromatic N) is 2. The fourth-order valence-electron chi connectivity index (χ4n) is 1.39. The molecular weight excluding hydrogens is 180 g/mol. The average Bonchev–Trinajstić information content (AvgIpc) is 2.67. The first-order chi connectivity index (χ1) is 6.68. The van der Waals surface area contributed by atoms with Crippen LogP contribution in [0, 0.1) is 13.8 Å². The highest BCUT2D eigenvalue weighted by molar-refractivity contribution is 5.43. The molecule has 0 amide bonds. The van der Waals surface area contributed by atoms with Crippen LogP contribution in [-0.2, 0) is 6.42 Å². The van der Waals surface area contributed by atoms with Crippen LogP contribution in [0.1, 0.15) is 22.7 Å². The van der Waals surface area contributed by atoms with Gasteiger partial charge in [-0.25, -0.2) is 0 Å². The van der Waals surface area contributed by atoms with E-state index < -0.39 is 0 Å². The Kier molecular flexibility index (Phi) is 1.99. The van der Waals surface area contributed by atoms with Crippen LogP contribution in [0.3, 0.4) is 0 Å². The fraction of sp³-hybridized carbons (Fsp3) is 0.333. The third kappa shape index (κ3) is 1.37. The highest BCUT2D eigenvalue weighted by Crippen LogP contribution is 2.18. The minimum Gasteiger partial charge on any atom is -0.396 e. The zero-order valence-corrected chi connectivity index (χ0v) is 8.16. The van der Waals surface area contributed by atoms with Gasteiger partial charge in [-0.05, 0) is 13.8 Å². The van der Waals surface area contributed by atoms with Crippen molar-refractivity contribution in [2.24, 2.45) is 0 Å². The van der Waals surface area contributed by atoms with E-state index in [9.17, 15) is 0 Å². The number of nitrogens with one attached hydrogen (secondary N) is 1. The smallest absolute Gasteiger partial charge is 0.137 e. The van der Waals surface area contributed by atoms with Crippen LogP contribution in [0.4, 0.5) is 5.69 Å². The Morgan fingerprint density at radius 1 is 1.50 bits per heavy atom. The lowest BCUT2D eigenvalue weighted by atomic mass is 10.1. The van der Waals surface area contributed by atoms with Crippen LogP contribution in [0.5, 0.6) is 0 Å². The molecule has 0 atom stereocenters. The number of anilines is 1. The molecule has 0 spiro atoms. The summed E-state index contributed by atoms with van der Waals surface area (Å²) in [6, 6.07) is 0. The fourth-order valence-corrected chi connectivity index (χ4v) is 1.39. The molecule has 0 fully saturated rings. The lowest BCUT2D eigenvalue weighted by Gasteiger charge is -1.98. The number of H-pyrrole nitrogens is 1. The van der Waals surface area contributed by atoms with Crippen molar-refractivity contribution in [3.63, 3.8) is 0 Å². The molecule has 2 rings (SSSR count). The molecule has 0 aliphatic heterocycles. The van der Waals surface area contributed by atoms with Crippen LogP contribution in [0.25, 0.3) is 0 Å². The Bertz CT molecular complexity index is 424. The van der Waals surface area contributed by atoms with Gasteiger partial charge in [0.15, 0.2) is 0 Å². The summed E-state index contributed by atoms with van der Waals surface area (Å²) in [6.45, 7) is 3.81. The highest BCUT2D eigenvalue weighted by Gasteiger charge is 2.11. The van der Waals surface area contributed by atoms with E-state index in [1.165, 1.54) is 0 Å². The minimum atomic E-state index is 0.671. The van der Waals surface area contributed by atoms with Crippen molar-refractivity contribution < 1.29 is 4.52 Å². The molecule has 0 saturated carbocycles. The minimum absolute atomic E-state index is 0.671. The van der Waals surface area contributed by atoms with Crippen molar-refractivity contribution in [3.05, 3.63) is 28.9 Å². The molecule has 5 heteroatoms. The van der Waals surface area contributed by atoms with Gasteiger partial charge in [0.2, 0.25) is 0 Å². The van der Waals surface area contributed by atoms with E-state index in [1.54, 1.807) is 6.20 Å². The maximum atomic E-state index is 5.71. The summed E-state index contributed by atoms with van der Waals surface area (Å²) in [5.41, 5.74) is 9.26. The van der Waals surface area contributed by atoms with E-state index in [0.29, 0.717) is 12.1 Å². The predicted octanol–water partition coefficient (Wildman–Crippen LogP) is 1.19. The maximum Gasteiger partial charge on any atom is 0.137 e. The van der Waals surface area contributed by atoms with Crippen LogP contribution < -0.4 is 5.73 Å². The summed E-state index contributed by atoms with van der Waals surface area (Å²) in [5, 5.41) is 10.6. The predicted molar refractivity (Wildman–Crippen MR) is 51.8 cm³/mol. The molecule has 0 saturated heterocycles. The van der Waals surface area contributed by atoms with Gasteiger partial charge in [-0.2, -0.15) is 5.10 Å². The topological polar surface area (TPSA) is 80.7 Å². The molecule has 0 radical (unpaired) electrons. The largest absolute Gasteiger partial charge is 0.396 e. The Morgan fingerprint density at radius 3 is 2.79 bits per heavy atom. The second-order valence-corrected chi connectivity index (χ2v) is 3.28. The first-order valence-corrected chi connectivity index (χ1v) is 4.38. The van der Waals surface area contributed by atoms with E-state index in [1.807, 2.05) is 13.8 Å². The van der Waals surface area contributed by atoms with Gasteiger partial charge in [0.05, 0.1) is 23.3 Å². The summed E-state index contributed by atoms with van der Waals surface area (Å²) < 4.78 is 5.06. The molecule has 14 heavy (non-hydrogen) atoms. The standard InChI is InChI=1S/C9H12N4O/c1-5-7(6(2)14-13-5)3-9-8(10)4-11-12-9/h4H,3,10H2,1-2H3,(H,11,12). The summed E-state index contributed by atoms with van der Waals surface area (Å²) >= 11 is 0. The van der Waals surface area contributed by atoms with Gasteiger partial charge in [0.25, 0.3) is 0 Å². The molecule has 2 aromatic heterocycles. The lowest BCUT2D eigenvalue weighted by molar-refractivity contribution is 0.392. The molecule has 0 aliphatic rings. The molecule has 74 valence electrons. The summed E-state index contributed by atoms with van der Waals surface area (Å²) in [6.07, 6.45) is 2.29. The molecule has 3 N–H and O–H groups in total. The molecule has 2 heterocycles. The Hall–Kier alpha value is -1.78. The van der Waals surface area contributed by atoms with Gasteiger partial charge in [0.1, 0.15) is 5.76 Å². The van der Waals surface area contributed by atoms with Crippen LogP contribution in [-0.4, -0.2) is 15.4 Å². The van der Waals surface area contributed by atoms with E-state index >= 15 is 0 Å². The summed E-state index contributed by atoms with van der Waals surface area (Å²) in [7, 11) is 0. The highest BCUT2D eigenvalue weighted by atomic mass is 16.5. The third-order valence-corrected chi connectivity index (χ3v) is 2.29. The molecule has 2 aromatic rings. The number of hydrogen-bond acceptors (Lipinski definition) is 4. The Morgan fingerprint density at radius 2 is 2.29 bits per heavy atom. The number of aryl methyl sites for hydroxylation is 2. The summed E-state index contributed by atoms with van der Waals surface area (Å²) in [4.78, 5) is 0. The molecular formula is C9H12N4O. The monoisotopic (exact) mass is 192 g/mol. The van der Waals surface area contributed by atoms with Crippen molar-refractivity contribution in [3.8, 4) is 0 Å². The maximum absolute atomic E-state index is 5.71. The zero-order chi connectivity index (χ0) is 10.1. The van der Waals surface area contributed by atoms with Crippen molar-refractivity contribution in [1.29, 1.82) is 0 Å². The van der Waals surface area contributed by atoms with Crippen molar-refractivity contribution >= 4 is 5.69 Å². The van der Waals surface area contributed by atoms with Gasteiger partial charge in [-0.1, -0.05) is 5.16 Å².